The van der Waals surface area contributed by atoms with Crippen molar-refractivity contribution in [3.05, 3.63) is 29.8 Å². The normalized spacial score (nSPS) is 15.0. The van der Waals surface area contributed by atoms with Gasteiger partial charge in [0.25, 0.3) is 0 Å². The molecule has 6 nitrogen and oxygen atoms in total. The molecule has 2 amide bonds. The van der Waals surface area contributed by atoms with Gasteiger partial charge < -0.3 is 15.0 Å². The van der Waals surface area contributed by atoms with E-state index in [1.54, 1.807) is 7.11 Å². The molecule has 1 N–H and O–H groups in total. The van der Waals surface area contributed by atoms with E-state index in [2.05, 4.69) is 22.3 Å². The molecule has 138 valence electrons. The van der Waals surface area contributed by atoms with Gasteiger partial charge in [-0.05, 0) is 30.5 Å². The predicted octanol–water partition coefficient (Wildman–Crippen LogP) is 1.30. The maximum Gasteiger partial charge on any atom is 0.242 e. The average Bonchev–Trinajstić information content (AvgIpc) is 2.65. The maximum absolute atomic E-state index is 12.1. The highest BCUT2D eigenvalue weighted by molar-refractivity contribution is 5.84. The van der Waals surface area contributed by atoms with Gasteiger partial charge in [-0.2, -0.15) is 0 Å². The quantitative estimate of drug-likeness (QED) is 0.770. The van der Waals surface area contributed by atoms with Crippen molar-refractivity contribution in [2.75, 3.05) is 46.4 Å². The Labute approximate surface area is 150 Å². The standard InChI is InChI=1S/C19H29N3O3/c1-3-4-18(23)20-15-19(24)22-13-11-21(12-14-22)10-9-16-5-7-17(25-2)8-6-16/h5-8H,3-4,9-15H2,1-2H3,(H,20,23). The number of nitrogens with zero attached hydrogens (tertiary/aromatic N) is 2. The molecule has 2 rings (SSSR count). The zero-order valence-electron chi connectivity index (χ0n) is 15.3. The topological polar surface area (TPSA) is 61.9 Å². The third kappa shape index (κ3) is 6.38. The lowest BCUT2D eigenvalue weighted by molar-refractivity contribution is -0.134. The molecular formula is C19H29N3O3. The first-order chi connectivity index (χ1) is 12.1. The van der Waals surface area contributed by atoms with Crippen LogP contribution in [-0.2, 0) is 16.0 Å². The molecule has 1 aromatic rings. The summed E-state index contributed by atoms with van der Waals surface area (Å²) in [6, 6.07) is 8.16. The minimum absolute atomic E-state index is 0.0132. The van der Waals surface area contributed by atoms with Crippen molar-refractivity contribution >= 4 is 11.8 Å². The lowest BCUT2D eigenvalue weighted by Gasteiger charge is -2.34. The fourth-order valence-electron chi connectivity index (χ4n) is 2.90. The lowest BCUT2D eigenvalue weighted by Crippen LogP contribution is -2.51. The van der Waals surface area contributed by atoms with E-state index in [4.69, 9.17) is 4.74 Å². The zero-order chi connectivity index (χ0) is 18.1. The fourth-order valence-corrected chi connectivity index (χ4v) is 2.90. The minimum atomic E-state index is -0.0472. The van der Waals surface area contributed by atoms with Gasteiger partial charge in [-0.1, -0.05) is 19.1 Å². The number of carbonyl (C=O) groups excluding carboxylic acids is 2. The van der Waals surface area contributed by atoms with E-state index in [0.717, 1.165) is 51.3 Å². The molecule has 0 atom stereocenters. The molecule has 6 heteroatoms. The number of rotatable bonds is 8. The summed E-state index contributed by atoms with van der Waals surface area (Å²) in [7, 11) is 1.67. The van der Waals surface area contributed by atoms with Crippen molar-refractivity contribution < 1.29 is 14.3 Å². The van der Waals surface area contributed by atoms with Crippen molar-refractivity contribution in [2.24, 2.45) is 0 Å². The monoisotopic (exact) mass is 347 g/mol. The number of benzene rings is 1. The Kier molecular flexibility index (Phi) is 7.73. The summed E-state index contributed by atoms with van der Waals surface area (Å²) in [5, 5.41) is 2.69. The van der Waals surface area contributed by atoms with Gasteiger partial charge in [0.2, 0.25) is 11.8 Å². The molecule has 1 aliphatic heterocycles. The third-order valence-corrected chi connectivity index (χ3v) is 4.51. The van der Waals surface area contributed by atoms with Gasteiger partial charge in [-0.25, -0.2) is 0 Å². The van der Waals surface area contributed by atoms with Crippen molar-refractivity contribution in [3.8, 4) is 5.75 Å². The highest BCUT2D eigenvalue weighted by Crippen LogP contribution is 2.12. The van der Waals surface area contributed by atoms with Crippen LogP contribution in [-0.4, -0.2) is 68.0 Å². The van der Waals surface area contributed by atoms with Gasteiger partial charge >= 0.3 is 0 Å². The molecule has 25 heavy (non-hydrogen) atoms. The molecule has 1 saturated heterocycles. The number of nitrogens with one attached hydrogen (secondary N) is 1. The van der Waals surface area contributed by atoms with Crippen molar-refractivity contribution in [1.82, 2.24) is 15.1 Å². The Hall–Kier alpha value is -2.08. The summed E-state index contributed by atoms with van der Waals surface area (Å²) >= 11 is 0. The second-order valence-electron chi connectivity index (χ2n) is 6.35. The number of piperazine rings is 1. The Morgan fingerprint density at radius 3 is 2.40 bits per heavy atom. The van der Waals surface area contributed by atoms with Crippen LogP contribution in [0.4, 0.5) is 0 Å². The van der Waals surface area contributed by atoms with Crippen LogP contribution in [0, 0.1) is 0 Å². The molecule has 0 aromatic heterocycles. The van der Waals surface area contributed by atoms with E-state index in [0.29, 0.717) is 6.42 Å². The van der Waals surface area contributed by atoms with Crippen LogP contribution in [0.1, 0.15) is 25.3 Å². The van der Waals surface area contributed by atoms with Crippen molar-refractivity contribution in [2.45, 2.75) is 26.2 Å². The average molecular weight is 347 g/mol. The summed E-state index contributed by atoms with van der Waals surface area (Å²) in [6.45, 7) is 6.27. The molecule has 1 fully saturated rings. The van der Waals surface area contributed by atoms with Crippen LogP contribution in [0.15, 0.2) is 24.3 Å². The summed E-state index contributed by atoms with van der Waals surface area (Å²) in [4.78, 5) is 27.8. The number of methoxy groups -OCH3 is 1. The molecule has 1 heterocycles. The molecule has 0 saturated carbocycles. The summed E-state index contributed by atoms with van der Waals surface area (Å²) in [5.41, 5.74) is 1.29. The molecular weight excluding hydrogens is 318 g/mol. The maximum atomic E-state index is 12.1. The molecule has 0 aliphatic carbocycles. The number of hydrogen-bond donors (Lipinski definition) is 1. The van der Waals surface area contributed by atoms with Crippen LogP contribution in [0.3, 0.4) is 0 Å². The molecule has 0 unspecified atom stereocenters. The van der Waals surface area contributed by atoms with Crippen LogP contribution < -0.4 is 10.1 Å². The van der Waals surface area contributed by atoms with Gasteiger partial charge in [0.05, 0.1) is 13.7 Å². The first-order valence-electron chi connectivity index (χ1n) is 9.02. The van der Waals surface area contributed by atoms with Crippen LogP contribution >= 0.6 is 0 Å². The Morgan fingerprint density at radius 2 is 1.80 bits per heavy atom. The van der Waals surface area contributed by atoms with E-state index in [-0.39, 0.29) is 18.4 Å². The minimum Gasteiger partial charge on any atom is -0.497 e. The largest absolute Gasteiger partial charge is 0.497 e. The zero-order valence-corrected chi connectivity index (χ0v) is 15.3. The van der Waals surface area contributed by atoms with Gasteiger partial charge in [0.1, 0.15) is 5.75 Å². The number of amides is 2. The SMILES string of the molecule is CCCC(=O)NCC(=O)N1CCN(CCc2ccc(OC)cc2)CC1. The Bertz CT molecular complexity index is 552. The van der Waals surface area contributed by atoms with Gasteiger partial charge in [0.15, 0.2) is 0 Å². The van der Waals surface area contributed by atoms with Crippen LogP contribution in [0.5, 0.6) is 5.75 Å². The lowest BCUT2D eigenvalue weighted by atomic mass is 10.1. The highest BCUT2D eigenvalue weighted by atomic mass is 16.5. The van der Waals surface area contributed by atoms with Gasteiger partial charge in [0, 0.05) is 39.1 Å². The van der Waals surface area contributed by atoms with Crippen molar-refractivity contribution in [3.63, 3.8) is 0 Å². The summed E-state index contributed by atoms with van der Waals surface area (Å²) in [5.74, 6) is 0.843. The first kappa shape index (κ1) is 19.2. The van der Waals surface area contributed by atoms with E-state index in [1.165, 1.54) is 5.56 Å². The van der Waals surface area contributed by atoms with Crippen LogP contribution in [0.2, 0.25) is 0 Å². The van der Waals surface area contributed by atoms with Gasteiger partial charge in [-0.3, -0.25) is 14.5 Å². The van der Waals surface area contributed by atoms with E-state index < -0.39 is 0 Å². The second-order valence-corrected chi connectivity index (χ2v) is 6.35. The smallest absolute Gasteiger partial charge is 0.242 e. The number of ether oxygens (including phenoxy) is 1. The van der Waals surface area contributed by atoms with E-state index in [1.807, 2.05) is 24.0 Å². The fraction of sp³-hybridized carbons (Fsp3) is 0.579. The first-order valence-corrected chi connectivity index (χ1v) is 9.02. The highest BCUT2D eigenvalue weighted by Gasteiger charge is 2.20. The van der Waals surface area contributed by atoms with Crippen LogP contribution in [0.25, 0.3) is 0 Å². The molecule has 1 aliphatic rings. The predicted molar refractivity (Wildman–Crippen MR) is 97.6 cm³/mol. The van der Waals surface area contributed by atoms with E-state index >= 15 is 0 Å². The third-order valence-electron chi connectivity index (χ3n) is 4.51. The van der Waals surface area contributed by atoms with Crippen molar-refractivity contribution in [1.29, 1.82) is 0 Å². The molecule has 0 radical (unpaired) electrons. The molecule has 0 bridgehead atoms. The van der Waals surface area contributed by atoms with Gasteiger partial charge in [-0.15, -0.1) is 0 Å². The summed E-state index contributed by atoms with van der Waals surface area (Å²) in [6.07, 6.45) is 2.27. The Morgan fingerprint density at radius 1 is 1.12 bits per heavy atom. The Balaban J connectivity index is 1.66. The summed E-state index contributed by atoms with van der Waals surface area (Å²) < 4.78 is 5.17. The second kappa shape index (κ2) is 10.0. The number of hydrogen-bond acceptors (Lipinski definition) is 4. The molecule has 0 spiro atoms. The molecule has 1 aromatic carbocycles. The number of carbonyl (C=O) groups is 2. The van der Waals surface area contributed by atoms with E-state index in [9.17, 15) is 9.59 Å².